The molecule has 0 saturated carbocycles. The van der Waals surface area contributed by atoms with Crippen molar-refractivity contribution in [2.75, 3.05) is 58.2 Å². The molecular formula is C28H37ClN4O4. The Labute approximate surface area is 224 Å². The van der Waals surface area contributed by atoms with Gasteiger partial charge in [-0.25, -0.2) is 0 Å². The van der Waals surface area contributed by atoms with E-state index in [1.165, 1.54) is 0 Å². The number of hydrogen-bond acceptors (Lipinski definition) is 6. The molecule has 0 spiro atoms. The van der Waals surface area contributed by atoms with E-state index in [1.54, 1.807) is 12.1 Å². The highest BCUT2D eigenvalue weighted by atomic mass is 35.5. The van der Waals surface area contributed by atoms with Crippen molar-refractivity contribution in [3.05, 3.63) is 58.1 Å². The van der Waals surface area contributed by atoms with Gasteiger partial charge in [0.2, 0.25) is 0 Å². The van der Waals surface area contributed by atoms with Crippen LogP contribution in [-0.2, 0) is 4.74 Å². The van der Waals surface area contributed by atoms with Crippen molar-refractivity contribution in [2.45, 2.75) is 32.8 Å². The average Bonchev–Trinajstić information content (AvgIpc) is 2.90. The van der Waals surface area contributed by atoms with Crippen LogP contribution in [0.3, 0.4) is 0 Å². The molecule has 2 amide bonds. The highest BCUT2D eigenvalue weighted by Gasteiger charge is 2.28. The molecule has 4 rings (SSSR count). The van der Waals surface area contributed by atoms with Crippen LogP contribution in [0.2, 0.25) is 5.02 Å². The number of aryl methyl sites for hydroxylation is 1. The molecule has 8 nitrogen and oxygen atoms in total. The number of morpholine rings is 1. The summed E-state index contributed by atoms with van der Waals surface area (Å²) < 4.78 is 11.5. The number of anilines is 1. The normalized spacial score (nSPS) is 19.0. The number of piperidine rings is 1. The molecule has 2 heterocycles. The number of nitrogen functional groups attached to an aromatic ring is 1. The fourth-order valence-electron chi connectivity index (χ4n) is 4.96. The van der Waals surface area contributed by atoms with Crippen LogP contribution in [0.1, 0.15) is 46.0 Å². The second-order valence-corrected chi connectivity index (χ2v) is 10.3. The lowest BCUT2D eigenvalue weighted by atomic mass is 9.95. The van der Waals surface area contributed by atoms with Gasteiger partial charge in [0.1, 0.15) is 5.75 Å². The molecule has 0 aliphatic carbocycles. The standard InChI is InChI=1S/C28H37ClN4O4/c1-3-36-26-15-25(30)24(29)14-23(26)27(34)31-16-22-18-32(12-13-37-22)17-20-8-10-33(11-9-20)28(35)21-6-4-19(2)5-7-21/h4-7,14-15,20,22H,3,8-13,16-18,30H2,1-2H3,(H,31,34). The number of nitrogens with two attached hydrogens (primary N) is 1. The van der Waals surface area contributed by atoms with E-state index in [1.807, 2.05) is 43.0 Å². The summed E-state index contributed by atoms with van der Waals surface area (Å²) in [5, 5.41) is 3.28. The van der Waals surface area contributed by atoms with Gasteiger partial charge < -0.3 is 25.4 Å². The Kier molecular flexibility index (Phi) is 9.29. The van der Waals surface area contributed by atoms with E-state index in [0.717, 1.165) is 56.7 Å². The first-order chi connectivity index (χ1) is 17.8. The van der Waals surface area contributed by atoms with Gasteiger partial charge in [-0.2, -0.15) is 0 Å². The topological polar surface area (TPSA) is 97.1 Å². The predicted octanol–water partition coefficient (Wildman–Crippen LogP) is 3.61. The molecule has 2 aromatic carbocycles. The SMILES string of the molecule is CCOc1cc(N)c(Cl)cc1C(=O)NCC1CN(CC2CCN(C(=O)c3ccc(C)cc3)CC2)CCO1. The summed E-state index contributed by atoms with van der Waals surface area (Å²) in [7, 11) is 0. The molecule has 9 heteroatoms. The second kappa shape index (κ2) is 12.6. The average molecular weight is 529 g/mol. The third-order valence-electron chi connectivity index (χ3n) is 7.07. The van der Waals surface area contributed by atoms with Gasteiger partial charge >= 0.3 is 0 Å². The van der Waals surface area contributed by atoms with Crippen molar-refractivity contribution < 1.29 is 19.1 Å². The molecule has 0 aromatic heterocycles. The Balaban J connectivity index is 1.24. The molecular weight excluding hydrogens is 492 g/mol. The number of carbonyl (C=O) groups excluding carboxylic acids is 2. The first-order valence-corrected chi connectivity index (χ1v) is 13.4. The first kappa shape index (κ1) is 27.2. The number of hydrogen-bond donors (Lipinski definition) is 2. The number of nitrogens with one attached hydrogen (secondary N) is 1. The Morgan fingerprint density at radius 3 is 2.59 bits per heavy atom. The van der Waals surface area contributed by atoms with Crippen molar-refractivity contribution in [3.63, 3.8) is 0 Å². The highest BCUT2D eigenvalue weighted by molar-refractivity contribution is 6.33. The lowest BCUT2D eigenvalue weighted by Gasteiger charge is -2.38. The second-order valence-electron chi connectivity index (χ2n) is 9.87. The molecule has 37 heavy (non-hydrogen) atoms. The molecule has 1 atom stereocenters. The predicted molar refractivity (Wildman–Crippen MR) is 145 cm³/mol. The van der Waals surface area contributed by atoms with Crippen molar-refractivity contribution >= 4 is 29.1 Å². The van der Waals surface area contributed by atoms with Gasteiger partial charge in [0.25, 0.3) is 11.8 Å². The van der Waals surface area contributed by atoms with Crippen LogP contribution in [0, 0.1) is 12.8 Å². The monoisotopic (exact) mass is 528 g/mol. The zero-order valence-electron chi connectivity index (χ0n) is 21.7. The van der Waals surface area contributed by atoms with Crippen LogP contribution in [0.4, 0.5) is 5.69 Å². The summed E-state index contributed by atoms with van der Waals surface area (Å²) >= 11 is 6.14. The van der Waals surface area contributed by atoms with E-state index in [-0.39, 0.29) is 17.9 Å². The summed E-state index contributed by atoms with van der Waals surface area (Å²) in [6.45, 7) is 9.49. The third kappa shape index (κ3) is 7.15. The van der Waals surface area contributed by atoms with Gasteiger partial charge in [-0.3, -0.25) is 14.5 Å². The van der Waals surface area contributed by atoms with Crippen LogP contribution in [0.5, 0.6) is 5.75 Å². The maximum absolute atomic E-state index is 12.9. The molecule has 2 aliphatic heterocycles. The molecule has 200 valence electrons. The Hall–Kier alpha value is -2.81. The van der Waals surface area contributed by atoms with E-state index in [9.17, 15) is 9.59 Å². The number of benzene rings is 2. The van der Waals surface area contributed by atoms with Crippen LogP contribution in [0.25, 0.3) is 0 Å². The van der Waals surface area contributed by atoms with Crippen LogP contribution in [-0.4, -0.2) is 80.2 Å². The summed E-state index contributed by atoms with van der Waals surface area (Å²) in [4.78, 5) is 30.1. The fraction of sp³-hybridized carbons (Fsp3) is 0.500. The number of amides is 2. The molecule has 2 saturated heterocycles. The van der Waals surface area contributed by atoms with E-state index in [0.29, 0.717) is 47.7 Å². The molecule has 2 fully saturated rings. The minimum absolute atomic E-state index is 0.0966. The zero-order valence-corrected chi connectivity index (χ0v) is 22.4. The number of nitrogens with zero attached hydrogens (tertiary/aromatic N) is 2. The zero-order chi connectivity index (χ0) is 26.4. The van der Waals surface area contributed by atoms with Gasteiger partial charge in [-0.1, -0.05) is 29.3 Å². The summed E-state index contributed by atoms with van der Waals surface area (Å²) in [6.07, 6.45) is 1.89. The molecule has 2 aromatic rings. The first-order valence-electron chi connectivity index (χ1n) is 13.0. The quantitative estimate of drug-likeness (QED) is 0.508. The van der Waals surface area contributed by atoms with E-state index < -0.39 is 0 Å². The molecule has 1 unspecified atom stereocenters. The Morgan fingerprint density at radius 2 is 1.89 bits per heavy atom. The largest absolute Gasteiger partial charge is 0.493 e. The van der Waals surface area contributed by atoms with E-state index in [2.05, 4.69) is 10.2 Å². The molecule has 3 N–H and O–H groups in total. The number of carbonyl (C=O) groups is 2. The number of likely N-dealkylation sites (tertiary alicyclic amines) is 1. The van der Waals surface area contributed by atoms with Crippen molar-refractivity contribution in [1.29, 1.82) is 0 Å². The van der Waals surface area contributed by atoms with Crippen molar-refractivity contribution in [1.82, 2.24) is 15.1 Å². The minimum Gasteiger partial charge on any atom is -0.493 e. The number of ether oxygens (including phenoxy) is 2. The molecule has 2 aliphatic rings. The minimum atomic E-state index is -0.267. The van der Waals surface area contributed by atoms with E-state index >= 15 is 0 Å². The summed E-state index contributed by atoms with van der Waals surface area (Å²) in [6, 6.07) is 10.9. The van der Waals surface area contributed by atoms with Gasteiger partial charge in [-0.15, -0.1) is 0 Å². The summed E-state index contributed by atoms with van der Waals surface area (Å²) in [5.74, 6) is 0.813. The van der Waals surface area contributed by atoms with Gasteiger partial charge in [0.05, 0.1) is 35.6 Å². The fourth-order valence-corrected chi connectivity index (χ4v) is 5.12. The van der Waals surface area contributed by atoms with Gasteiger partial charge in [0.15, 0.2) is 0 Å². The van der Waals surface area contributed by atoms with E-state index in [4.69, 9.17) is 26.8 Å². The molecule has 0 radical (unpaired) electrons. The van der Waals surface area contributed by atoms with Crippen LogP contribution in [0.15, 0.2) is 36.4 Å². The van der Waals surface area contributed by atoms with Gasteiger partial charge in [0, 0.05) is 50.9 Å². The van der Waals surface area contributed by atoms with Crippen molar-refractivity contribution in [2.24, 2.45) is 5.92 Å². The maximum Gasteiger partial charge on any atom is 0.255 e. The number of rotatable bonds is 8. The highest BCUT2D eigenvalue weighted by Crippen LogP contribution is 2.29. The lowest BCUT2D eigenvalue weighted by Crippen LogP contribution is -2.50. The smallest absolute Gasteiger partial charge is 0.255 e. The Bertz CT molecular complexity index is 1090. The maximum atomic E-state index is 12.9. The van der Waals surface area contributed by atoms with Crippen molar-refractivity contribution in [3.8, 4) is 5.75 Å². The number of halogens is 1. The van der Waals surface area contributed by atoms with Gasteiger partial charge in [-0.05, 0) is 50.8 Å². The lowest BCUT2D eigenvalue weighted by molar-refractivity contribution is -0.0332. The third-order valence-corrected chi connectivity index (χ3v) is 7.40. The van der Waals surface area contributed by atoms with Crippen LogP contribution >= 0.6 is 11.6 Å². The summed E-state index contributed by atoms with van der Waals surface area (Å²) in [5.41, 5.74) is 8.52. The van der Waals surface area contributed by atoms with Crippen LogP contribution < -0.4 is 15.8 Å². The Morgan fingerprint density at radius 1 is 1.16 bits per heavy atom. The molecule has 0 bridgehead atoms.